The molecule has 1 aromatic carbocycles. The van der Waals surface area contributed by atoms with Crippen LogP contribution in [0.3, 0.4) is 0 Å². The Morgan fingerprint density at radius 1 is 1.39 bits per heavy atom. The fraction of sp³-hybridized carbons (Fsp3) is 0.308. The van der Waals surface area contributed by atoms with Crippen molar-refractivity contribution in [3.8, 4) is 0 Å². The van der Waals surface area contributed by atoms with Crippen molar-refractivity contribution in [1.82, 2.24) is 9.55 Å². The summed E-state index contributed by atoms with van der Waals surface area (Å²) >= 11 is 0. The van der Waals surface area contributed by atoms with Gasteiger partial charge in [0.25, 0.3) is 0 Å². The molecule has 0 aliphatic heterocycles. The Bertz CT molecular complexity index is 553. The van der Waals surface area contributed by atoms with E-state index >= 15 is 0 Å². The highest BCUT2D eigenvalue weighted by Crippen LogP contribution is 2.15. The minimum Gasteiger partial charge on any atom is -0.334 e. The lowest BCUT2D eigenvalue weighted by molar-refractivity contribution is 0.594. The van der Waals surface area contributed by atoms with Crippen LogP contribution in [0.5, 0.6) is 0 Å². The van der Waals surface area contributed by atoms with Crippen molar-refractivity contribution in [3.05, 3.63) is 48.3 Å². The summed E-state index contributed by atoms with van der Waals surface area (Å²) in [6.45, 7) is 2.90. The quantitative estimate of drug-likeness (QED) is 0.834. The van der Waals surface area contributed by atoms with Gasteiger partial charge in [0.1, 0.15) is 5.82 Å². The summed E-state index contributed by atoms with van der Waals surface area (Å²) in [5.74, 6) is -0.126. The molecule has 0 N–H and O–H groups in total. The minimum atomic E-state index is -1.37. The van der Waals surface area contributed by atoms with Crippen molar-refractivity contribution in [3.63, 3.8) is 0 Å². The smallest absolute Gasteiger partial charge is 0.139 e. The summed E-state index contributed by atoms with van der Waals surface area (Å²) in [5.41, 5.74) is 0.874. The third kappa shape index (κ3) is 2.85. The van der Waals surface area contributed by atoms with Gasteiger partial charge in [-0.3, -0.25) is 4.21 Å². The molecule has 1 aromatic heterocycles. The summed E-state index contributed by atoms with van der Waals surface area (Å²) in [6.07, 6.45) is 4.39. The van der Waals surface area contributed by atoms with Gasteiger partial charge in [0.2, 0.25) is 0 Å². The number of aryl methyl sites for hydroxylation is 1. The second kappa shape index (κ2) is 5.91. The standard InChI is InChI=1S/C13H15FN2OS/c1-2-7-16-10-15-8-11(16)9-18(17)13-6-4-3-5-12(13)14/h3-6,8,10H,2,7,9H2,1H3. The molecule has 0 saturated carbocycles. The van der Waals surface area contributed by atoms with E-state index in [0.29, 0.717) is 5.75 Å². The highest BCUT2D eigenvalue weighted by Gasteiger charge is 2.12. The lowest BCUT2D eigenvalue weighted by Gasteiger charge is -2.07. The molecule has 5 heteroatoms. The van der Waals surface area contributed by atoms with Gasteiger partial charge in [-0.1, -0.05) is 19.1 Å². The molecule has 0 radical (unpaired) electrons. The van der Waals surface area contributed by atoms with Crippen molar-refractivity contribution < 1.29 is 8.60 Å². The van der Waals surface area contributed by atoms with Gasteiger partial charge >= 0.3 is 0 Å². The molecule has 0 spiro atoms. The summed E-state index contributed by atoms with van der Waals surface area (Å²) < 4.78 is 27.6. The van der Waals surface area contributed by atoms with E-state index in [1.165, 1.54) is 6.07 Å². The molecule has 0 aliphatic carbocycles. The molecule has 3 nitrogen and oxygen atoms in total. The first-order valence-corrected chi connectivity index (χ1v) is 7.16. The van der Waals surface area contributed by atoms with E-state index in [4.69, 9.17) is 0 Å². The zero-order valence-corrected chi connectivity index (χ0v) is 11.0. The molecular weight excluding hydrogens is 251 g/mol. The number of halogens is 1. The van der Waals surface area contributed by atoms with E-state index in [9.17, 15) is 8.60 Å². The lowest BCUT2D eigenvalue weighted by atomic mass is 10.3. The van der Waals surface area contributed by atoms with Gasteiger partial charge in [-0.2, -0.15) is 0 Å². The molecule has 0 fully saturated rings. The maximum atomic E-state index is 13.5. The predicted molar refractivity (Wildman–Crippen MR) is 69.0 cm³/mol. The third-order valence-corrected chi connectivity index (χ3v) is 4.00. The molecule has 1 atom stereocenters. The Labute approximate surface area is 108 Å². The molecule has 0 bridgehead atoms. The zero-order valence-electron chi connectivity index (χ0n) is 10.2. The second-order valence-corrected chi connectivity index (χ2v) is 5.42. The Morgan fingerprint density at radius 3 is 2.89 bits per heavy atom. The topological polar surface area (TPSA) is 34.9 Å². The first-order valence-electron chi connectivity index (χ1n) is 5.84. The van der Waals surface area contributed by atoms with Crippen LogP contribution < -0.4 is 0 Å². The first kappa shape index (κ1) is 13.0. The van der Waals surface area contributed by atoms with E-state index in [0.717, 1.165) is 18.7 Å². The fourth-order valence-electron chi connectivity index (χ4n) is 1.75. The van der Waals surface area contributed by atoms with Gasteiger partial charge in [-0.25, -0.2) is 9.37 Å². The number of benzene rings is 1. The van der Waals surface area contributed by atoms with Gasteiger partial charge in [-0.05, 0) is 18.6 Å². The maximum Gasteiger partial charge on any atom is 0.139 e. The molecule has 1 heterocycles. The molecule has 1 unspecified atom stereocenters. The summed E-state index contributed by atoms with van der Waals surface area (Å²) in [5, 5.41) is 0. The van der Waals surface area contributed by atoms with Crippen LogP contribution in [0.2, 0.25) is 0 Å². The van der Waals surface area contributed by atoms with Crippen LogP contribution in [-0.4, -0.2) is 13.8 Å². The Hall–Kier alpha value is -1.49. The maximum absolute atomic E-state index is 13.5. The van der Waals surface area contributed by atoms with Crippen molar-refractivity contribution in [2.24, 2.45) is 0 Å². The van der Waals surface area contributed by atoms with Crippen molar-refractivity contribution in [1.29, 1.82) is 0 Å². The Morgan fingerprint density at radius 2 is 2.17 bits per heavy atom. The molecule has 2 aromatic rings. The fourth-order valence-corrected chi connectivity index (χ4v) is 2.93. The van der Waals surface area contributed by atoms with E-state index in [2.05, 4.69) is 11.9 Å². The molecule has 18 heavy (non-hydrogen) atoms. The number of aromatic nitrogens is 2. The molecule has 0 amide bonds. The monoisotopic (exact) mass is 266 g/mol. The molecule has 0 saturated heterocycles. The first-order chi connectivity index (χ1) is 8.72. The van der Waals surface area contributed by atoms with Gasteiger partial charge in [0.05, 0.1) is 33.5 Å². The van der Waals surface area contributed by atoms with Crippen molar-refractivity contribution in [2.75, 3.05) is 0 Å². The van der Waals surface area contributed by atoms with E-state index in [1.54, 1.807) is 30.7 Å². The van der Waals surface area contributed by atoms with Crippen LogP contribution in [0.25, 0.3) is 0 Å². The van der Waals surface area contributed by atoms with Crippen LogP contribution in [0, 0.1) is 5.82 Å². The molecular formula is C13H15FN2OS. The highest BCUT2D eigenvalue weighted by atomic mass is 32.2. The van der Waals surface area contributed by atoms with Crippen molar-refractivity contribution >= 4 is 10.8 Å². The summed E-state index contributed by atoms with van der Waals surface area (Å²) in [7, 11) is -1.37. The van der Waals surface area contributed by atoms with Gasteiger partial charge in [-0.15, -0.1) is 0 Å². The van der Waals surface area contributed by atoms with Crippen LogP contribution in [0.4, 0.5) is 4.39 Å². The number of nitrogens with zero attached hydrogens (tertiary/aromatic N) is 2. The highest BCUT2D eigenvalue weighted by molar-refractivity contribution is 7.84. The Kier molecular flexibility index (Phi) is 4.25. The molecule has 96 valence electrons. The van der Waals surface area contributed by atoms with Crippen molar-refractivity contribution in [2.45, 2.75) is 30.5 Å². The van der Waals surface area contributed by atoms with Gasteiger partial charge < -0.3 is 4.57 Å². The largest absolute Gasteiger partial charge is 0.334 e. The number of hydrogen-bond acceptors (Lipinski definition) is 2. The van der Waals surface area contributed by atoms with E-state index < -0.39 is 16.6 Å². The van der Waals surface area contributed by atoms with Crippen LogP contribution in [0.1, 0.15) is 19.0 Å². The summed E-state index contributed by atoms with van der Waals surface area (Å²) in [6, 6.07) is 6.18. The second-order valence-electron chi connectivity index (χ2n) is 4.00. The van der Waals surface area contributed by atoms with Crippen LogP contribution >= 0.6 is 0 Å². The van der Waals surface area contributed by atoms with Gasteiger partial charge in [0, 0.05) is 12.7 Å². The molecule has 0 aliphatic rings. The zero-order chi connectivity index (χ0) is 13.0. The third-order valence-electron chi connectivity index (χ3n) is 2.62. The SMILES string of the molecule is CCCn1cncc1CS(=O)c1ccccc1F. The summed E-state index contributed by atoms with van der Waals surface area (Å²) in [4.78, 5) is 4.30. The van der Waals surface area contributed by atoms with Crippen LogP contribution in [0.15, 0.2) is 41.7 Å². The predicted octanol–water partition coefficient (Wildman–Crippen LogP) is 2.74. The van der Waals surface area contributed by atoms with E-state index in [1.807, 2.05) is 4.57 Å². The number of hydrogen-bond donors (Lipinski definition) is 0. The average molecular weight is 266 g/mol. The van der Waals surface area contributed by atoms with Crippen LogP contribution in [-0.2, 0) is 23.1 Å². The number of imidazole rings is 1. The normalized spacial score (nSPS) is 12.6. The lowest BCUT2D eigenvalue weighted by Crippen LogP contribution is -2.05. The average Bonchev–Trinajstić information content (AvgIpc) is 2.78. The minimum absolute atomic E-state index is 0.252. The number of rotatable bonds is 5. The molecule has 2 rings (SSSR count). The van der Waals surface area contributed by atoms with Gasteiger partial charge in [0.15, 0.2) is 0 Å². The van der Waals surface area contributed by atoms with E-state index in [-0.39, 0.29) is 4.90 Å². The Balaban J connectivity index is 2.17.